The van der Waals surface area contributed by atoms with Crippen LogP contribution in [-0.4, -0.2) is 34.5 Å². The lowest BCUT2D eigenvalue weighted by molar-refractivity contribution is -0.138. The van der Waals surface area contributed by atoms with Gasteiger partial charge in [0.15, 0.2) is 0 Å². The molecule has 1 aromatic rings. The number of furan rings is 1. The van der Waals surface area contributed by atoms with E-state index in [9.17, 15) is 9.59 Å². The summed E-state index contributed by atoms with van der Waals surface area (Å²) in [6.45, 7) is 9.17. The highest BCUT2D eigenvalue weighted by molar-refractivity contribution is 5.97. The van der Waals surface area contributed by atoms with Gasteiger partial charge in [-0.3, -0.25) is 9.59 Å². The van der Waals surface area contributed by atoms with Gasteiger partial charge >= 0.3 is 5.97 Å². The molecule has 0 radical (unpaired) electrons. The number of hydrogen-bond donors (Lipinski definition) is 1. The minimum absolute atomic E-state index is 0.129. The van der Waals surface area contributed by atoms with Crippen LogP contribution in [0.15, 0.2) is 10.5 Å². The van der Waals surface area contributed by atoms with Crippen molar-refractivity contribution in [1.82, 2.24) is 4.90 Å². The van der Waals surface area contributed by atoms with Crippen molar-refractivity contribution in [2.24, 2.45) is 0 Å². The summed E-state index contributed by atoms with van der Waals surface area (Å²) in [7, 11) is 0. The summed E-state index contributed by atoms with van der Waals surface area (Å²) < 4.78 is 5.57. The van der Waals surface area contributed by atoms with E-state index in [1.54, 1.807) is 13.0 Å². The molecule has 5 heteroatoms. The van der Waals surface area contributed by atoms with Gasteiger partial charge in [0, 0.05) is 12.0 Å². The summed E-state index contributed by atoms with van der Waals surface area (Å²) in [5.41, 5.74) is 0.454. The highest BCUT2D eigenvalue weighted by Gasteiger charge is 2.26. The summed E-state index contributed by atoms with van der Waals surface area (Å²) in [6.07, 6.45) is 0.701. The zero-order valence-corrected chi connectivity index (χ0v) is 12.8. The summed E-state index contributed by atoms with van der Waals surface area (Å²) in [5, 5.41) is 8.97. The molecule has 0 aromatic carbocycles. The molecule has 1 N–H and O–H groups in total. The molecule has 0 saturated heterocycles. The topological polar surface area (TPSA) is 70.8 Å². The smallest absolute Gasteiger partial charge is 0.323 e. The molecule has 1 aromatic heterocycles. The average molecular weight is 281 g/mol. The first-order valence-corrected chi connectivity index (χ1v) is 6.91. The summed E-state index contributed by atoms with van der Waals surface area (Å²) in [6, 6.07) is 1.59. The fourth-order valence-corrected chi connectivity index (χ4v) is 1.95. The Morgan fingerprint density at radius 1 is 1.35 bits per heavy atom. The Morgan fingerprint density at radius 2 is 1.95 bits per heavy atom. The fourth-order valence-electron chi connectivity index (χ4n) is 1.95. The number of nitrogens with zero attached hydrogens (tertiary/aromatic N) is 1. The van der Waals surface area contributed by atoms with E-state index in [4.69, 9.17) is 9.52 Å². The summed E-state index contributed by atoms with van der Waals surface area (Å²) in [4.78, 5) is 24.9. The second-order valence-corrected chi connectivity index (χ2v) is 5.36. The number of hydrogen-bond acceptors (Lipinski definition) is 3. The lowest BCUT2D eigenvalue weighted by Gasteiger charge is -2.26. The van der Waals surface area contributed by atoms with Gasteiger partial charge in [-0.25, -0.2) is 0 Å². The predicted molar refractivity (Wildman–Crippen MR) is 76.0 cm³/mol. The molecule has 0 aliphatic heterocycles. The standard InChI is InChI=1S/C15H23NO4/c1-6-10(4)16(8-14(17)18)15(19)12-7-13(9(2)3)20-11(12)5/h7,9-10H,6,8H2,1-5H3,(H,17,18). The number of rotatable bonds is 6. The van der Waals surface area contributed by atoms with Gasteiger partial charge in [-0.2, -0.15) is 0 Å². The third kappa shape index (κ3) is 3.62. The molecular formula is C15H23NO4. The minimum Gasteiger partial charge on any atom is -0.480 e. The van der Waals surface area contributed by atoms with E-state index in [0.29, 0.717) is 17.7 Å². The molecule has 5 nitrogen and oxygen atoms in total. The van der Waals surface area contributed by atoms with Crippen LogP contribution >= 0.6 is 0 Å². The molecule has 1 unspecified atom stereocenters. The molecule has 1 amide bonds. The van der Waals surface area contributed by atoms with Crippen molar-refractivity contribution in [3.63, 3.8) is 0 Å². The quantitative estimate of drug-likeness (QED) is 0.870. The van der Waals surface area contributed by atoms with Crippen molar-refractivity contribution in [1.29, 1.82) is 0 Å². The van der Waals surface area contributed by atoms with E-state index in [-0.39, 0.29) is 24.4 Å². The van der Waals surface area contributed by atoms with Gasteiger partial charge in [-0.15, -0.1) is 0 Å². The SMILES string of the molecule is CCC(C)N(CC(=O)O)C(=O)c1cc(C(C)C)oc1C. The molecule has 0 spiro atoms. The van der Waals surface area contributed by atoms with Gasteiger partial charge in [-0.05, 0) is 26.3 Å². The molecule has 0 aliphatic rings. The number of carboxylic acid groups (broad SMARTS) is 1. The molecule has 112 valence electrons. The number of amides is 1. The number of aryl methyl sites for hydroxylation is 1. The summed E-state index contributed by atoms with van der Waals surface area (Å²) >= 11 is 0. The van der Waals surface area contributed by atoms with Crippen LogP contribution in [0.5, 0.6) is 0 Å². The molecule has 1 heterocycles. The zero-order chi connectivity index (χ0) is 15.4. The first kappa shape index (κ1) is 16.3. The molecule has 1 rings (SSSR count). The molecule has 20 heavy (non-hydrogen) atoms. The zero-order valence-electron chi connectivity index (χ0n) is 12.8. The predicted octanol–water partition coefficient (Wildman–Crippen LogP) is 3.04. The number of carboxylic acids is 1. The monoisotopic (exact) mass is 281 g/mol. The highest BCUT2D eigenvalue weighted by Crippen LogP contribution is 2.23. The maximum absolute atomic E-state index is 12.5. The van der Waals surface area contributed by atoms with Gasteiger partial charge in [0.25, 0.3) is 5.91 Å². The minimum atomic E-state index is -1.01. The highest BCUT2D eigenvalue weighted by atomic mass is 16.4. The van der Waals surface area contributed by atoms with E-state index in [1.165, 1.54) is 4.90 Å². The van der Waals surface area contributed by atoms with Crippen LogP contribution in [-0.2, 0) is 4.79 Å². The summed E-state index contributed by atoms with van der Waals surface area (Å²) in [5.74, 6) is 0.174. The molecule has 0 saturated carbocycles. The average Bonchev–Trinajstić information content (AvgIpc) is 2.76. The molecule has 0 aliphatic carbocycles. The molecule has 0 bridgehead atoms. The molecule has 0 fully saturated rings. The van der Waals surface area contributed by atoms with Gasteiger partial charge in [0.2, 0.25) is 0 Å². The first-order valence-electron chi connectivity index (χ1n) is 6.91. The number of carbonyl (C=O) groups is 2. The van der Waals surface area contributed by atoms with Gasteiger partial charge in [-0.1, -0.05) is 20.8 Å². The fraction of sp³-hybridized carbons (Fsp3) is 0.600. The van der Waals surface area contributed by atoms with E-state index in [0.717, 1.165) is 5.76 Å². The Kier molecular flexibility index (Phi) is 5.36. The van der Waals surface area contributed by atoms with E-state index in [2.05, 4.69) is 0 Å². The molecule has 1 atom stereocenters. The van der Waals surface area contributed by atoms with Gasteiger partial charge in [0.1, 0.15) is 18.1 Å². The van der Waals surface area contributed by atoms with E-state index >= 15 is 0 Å². The largest absolute Gasteiger partial charge is 0.480 e. The van der Waals surface area contributed by atoms with Crippen molar-refractivity contribution >= 4 is 11.9 Å². The Hall–Kier alpha value is -1.78. The second-order valence-electron chi connectivity index (χ2n) is 5.36. The van der Waals surface area contributed by atoms with Crippen LogP contribution in [0.3, 0.4) is 0 Å². The Balaban J connectivity index is 3.08. The normalized spacial score (nSPS) is 12.5. The van der Waals surface area contributed by atoms with Crippen LogP contribution in [0.1, 0.15) is 61.9 Å². The third-order valence-corrected chi connectivity index (χ3v) is 3.43. The van der Waals surface area contributed by atoms with Crippen LogP contribution in [0.25, 0.3) is 0 Å². The lowest BCUT2D eigenvalue weighted by atomic mass is 10.1. The molecular weight excluding hydrogens is 258 g/mol. The van der Waals surface area contributed by atoms with Crippen molar-refractivity contribution in [2.45, 2.75) is 53.0 Å². The van der Waals surface area contributed by atoms with Crippen LogP contribution in [0, 0.1) is 6.92 Å². The van der Waals surface area contributed by atoms with Gasteiger partial charge < -0.3 is 14.4 Å². The Morgan fingerprint density at radius 3 is 2.35 bits per heavy atom. The van der Waals surface area contributed by atoms with Gasteiger partial charge in [0.05, 0.1) is 5.56 Å². The maximum Gasteiger partial charge on any atom is 0.323 e. The lowest BCUT2D eigenvalue weighted by Crippen LogP contribution is -2.41. The van der Waals surface area contributed by atoms with Crippen molar-refractivity contribution in [2.75, 3.05) is 6.54 Å². The van der Waals surface area contributed by atoms with Crippen molar-refractivity contribution < 1.29 is 19.1 Å². The Bertz CT molecular complexity index is 490. The second kappa shape index (κ2) is 6.59. The van der Waals surface area contributed by atoms with Crippen LogP contribution in [0.2, 0.25) is 0 Å². The Labute approximate surface area is 119 Å². The maximum atomic E-state index is 12.5. The number of carbonyl (C=O) groups excluding carboxylic acids is 1. The van der Waals surface area contributed by atoms with E-state index in [1.807, 2.05) is 27.7 Å². The van der Waals surface area contributed by atoms with Crippen LogP contribution < -0.4 is 0 Å². The number of aliphatic carboxylic acids is 1. The van der Waals surface area contributed by atoms with Crippen LogP contribution in [0.4, 0.5) is 0 Å². The first-order chi connectivity index (χ1) is 9.27. The van der Waals surface area contributed by atoms with Crippen molar-refractivity contribution in [3.05, 3.63) is 23.2 Å². The third-order valence-electron chi connectivity index (χ3n) is 3.43. The van der Waals surface area contributed by atoms with E-state index < -0.39 is 5.97 Å². The van der Waals surface area contributed by atoms with Crippen molar-refractivity contribution in [3.8, 4) is 0 Å².